The van der Waals surface area contributed by atoms with Crippen molar-refractivity contribution in [2.45, 2.75) is 40.0 Å². The fourth-order valence-electron chi connectivity index (χ4n) is 2.73. The second-order valence-electron chi connectivity index (χ2n) is 4.91. The van der Waals surface area contributed by atoms with Crippen molar-refractivity contribution in [3.8, 4) is 0 Å². The first-order valence-corrected chi connectivity index (χ1v) is 4.52. The lowest BCUT2D eigenvalue weighted by Crippen LogP contribution is -2.43. The van der Waals surface area contributed by atoms with Crippen LogP contribution in [0.15, 0.2) is 0 Å². The fourth-order valence-corrected chi connectivity index (χ4v) is 2.73. The van der Waals surface area contributed by atoms with Crippen molar-refractivity contribution in [3.05, 3.63) is 0 Å². The molecule has 0 N–H and O–H groups in total. The molecule has 0 radical (unpaired) electrons. The van der Waals surface area contributed by atoms with Gasteiger partial charge in [0.2, 0.25) is 0 Å². The number of carbonyl (C=O) groups is 1. The van der Waals surface area contributed by atoms with Gasteiger partial charge in [0.1, 0.15) is 5.78 Å². The molecule has 11 heavy (non-hydrogen) atoms. The quantitative estimate of drug-likeness (QED) is 0.521. The largest absolute Gasteiger partial charge is 0.299 e. The van der Waals surface area contributed by atoms with Gasteiger partial charge in [-0.1, -0.05) is 20.8 Å². The van der Waals surface area contributed by atoms with Gasteiger partial charge in [-0.05, 0) is 24.2 Å². The van der Waals surface area contributed by atoms with E-state index in [-0.39, 0.29) is 5.41 Å². The van der Waals surface area contributed by atoms with Gasteiger partial charge >= 0.3 is 0 Å². The number of fused-ring (bicyclic) bond motifs is 1. The van der Waals surface area contributed by atoms with E-state index in [0.717, 1.165) is 6.42 Å². The van der Waals surface area contributed by atoms with E-state index in [1.54, 1.807) is 0 Å². The van der Waals surface area contributed by atoms with Crippen LogP contribution in [0.1, 0.15) is 40.0 Å². The number of Topliss-reactive ketones (excluding diaryl/α,β-unsaturated/α-hetero) is 1. The third kappa shape index (κ3) is 0.605. The summed E-state index contributed by atoms with van der Waals surface area (Å²) in [6.45, 7) is 6.52. The summed E-state index contributed by atoms with van der Waals surface area (Å²) in [4.78, 5) is 11.6. The van der Waals surface area contributed by atoms with Crippen LogP contribution < -0.4 is 0 Å². The van der Waals surface area contributed by atoms with E-state index < -0.39 is 0 Å². The molecule has 1 heteroatoms. The predicted octanol–water partition coefficient (Wildman–Crippen LogP) is 2.40. The second-order valence-corrected chi connectivity index (χ2v) is 4.91. The molecule has 2 aliphatic carbocycles. The first kappa shape index (κ1) is 7.33. The first-order valence-electron chi connectivity index (χ1n) is 4.52. The molecule has 0 spiro atoms. The van der Waals surface area contributed by atoms with Gasteiger partial charge in [-0.3, -0.25) is 4.79 Å². The molecule has 0 saturated heterocycles. The smallest absolute Gasteiger partial charge is 0.139 e. The lowest BCUT2D eigenvalue weighted by molar-refractivity contribution is -0.128. The van der Waals surface area contributed by atoms with Crippen LogP contribution in [0, 0.1) is 16.7 Å². The zero-order valence-electron chi connectivity index (χ0n) is 7.61. The summed E-state index contributed by atoms with van der Waals surface area (Å²) >= 11 is 0. The minimum atomic E-state index is -0.0318. The maximum absolute atomic E-state index is 11.6. The Hall–Kier alpha value is -0.330. The van der Waals surface area contributed by atoms with Gasteiger partial charge in [0.15, 0.2) is 0 Å². The van der Waals surface area contributed by atoms with Gasteiger partial charge < -0.3 is 0 Å². The Balaban J connectivity index is 2.39. The van der Waals surface area contributed by atoms with E-state index in [0.29, 0.717) is 17.1 Å². The van der Waals surface area contributed by atoms with E-state index in [9.17, 15) is 4.79 Å². The van der Waals surface area contributed by atoms with Crippen molar-refractivity contribution in [1.82, 2.24) is 0 Å². The lowest BCUT2D eigenvalue weighted by Gasteiger charge is -2.49. The lowest BCUT2D eigenvalue weighted by atomic mass is 9.54. The monoisotopic (exact) mass is 152 g/mol. The second kappa shape index (κ2) is 1.70. The molecule has 0 aromatic carbocycles. The molecule has 0 amide bonds. The summed E-state index contributed by atoms with van der Waals surface area (Å²) in [5.41, 5.74) is 0.319. The molecule has 62 valence electrons. The Morgan fingerprint density at radius 2 is 2.00 bits per heavy atom. The molecular weight excluding hydrogens is 136 g/mol. The van der Waals surface area contributed by atoms with Gasteiger partial charge in [-0.25, -0.2) is 0 Å². The van der Waals surface area contributed by atoms with Gasteiger partial charge in [-0.2, -0.15) is 0 Å². The van der Waals surface area contributed by atoms with Crippen molar-refractivity contribution in [3.63, 3.8) is 0 Å². The van der Waals surface area contributed by atoms with Crippen molar-refractivity contribution in [2.75, 3.05) is 0 Å². The number of rotatable bonds is 0. The maximum Gasteiger partial charge on any atom is 0.139 e. The molecule has 2 unspecified atom stereocenters. The van der Waals surface area contributed by atoms with Gasteiger partial charge in [0, 0.05) is 11.8 Å². The number of hydrogen-bond acceptors (Lipinski definition) is 1. The molecule has 0 aromatic rings. The zero-order valence-corrected chi connectivity index (χ0v) is 7.61. The Bertz CT molecular complexity index is 217. The molecule has 2 rings (SSSR count). The van der Waals surface area contributed by atoms with Crippen molar-refractivity contribution >= 4 is 5.78 Å². The highest BCUT2D eigenvalue weighted by Crippen LogP contribution is 2.64. The Morgan fingerprint density at radius 3 is 2.18 bits per heavy atom. The average Bonchev–Trinajstić information content (AvgIpc) is 2.02. The third-order valence-corrected chi connectivity index (χ3v) is 4.47. The van der Waals surface area contributed by atoms with Crippen LogP contribution >= 0.6 is 0 Å². The van der Waals surface area contributed by atoms with Crippen LogP contribution in [0.25, 0.3) is 0 Å². The summed E-state index contributed by atoms with van der Waals surface area (Å²) in [6.07, 6.45) is 3.39. The Morgan fingerprint density at radius 1 is 1.36 bits per heavy atom. The molecule has 0 aromatic heterocycles. The molecule has 0 aliphatic heterocycles. The number of carbonyl (C=O) groups excluding carboxylic acids is 1. The third-order valence-electron chi connectivity index (χ3n) is 4.47. The summed E-state index contributed by atoms with van der Waals surface area (Å²) < 4.78 is 0. The molecule has 2 aliphatic rings. The highest BCUT2D eigenvalue weighted by atomic mass is 16.1. The van der Waals surface area contributed by atoms with Gasteiger partial charge in [0.25, 0.3) is 0 Å². The highest BCUT2D eigenvalue weighted by Gasteiger charge is 2.61. The highest BCUT2D eigenvalue weighted by molar-refractivity contribution is 5.88. The van der Waals surface area contributed by atoms with Gasteiger partial charge in [0.05, 0.1) is 0 Å². The van der Waals surface area contributed by atoms with Crippen LogP contribution in [0.3, 0.4) is 0 Å². The summed E-state index contributed by atoms with van der Waals surface area (Å²) in [5, 5.41) is 0. The van der Waals surface area contributed by atoms with Crippen LogP contribution in [0.4, 0.5) is 0 Å². The fraction of sp³-hybridized carbons (Fsp3) is 0.900. The van der Waals surface area contributed by atoms with Crippen molar-refractivity contribution < 1.29 is 4.79 Å². The zero-order chi connectivity index (χ0) is 8.28. The normalized spacial score (nSPS) is 46.8. The average molecular weight is 152 g/mol. The van der Waals surface area contributed by atoms with Gasteiger partial charge in [-0.15, -0.1) is 0 Å². The van der Waals surface area contributed by atoms with Crippen LogP contribution in [0.2, 0.25) is 0 Å². The van der Waals surface area contributed by atoms with Crippen LogP contribution in [0.5, 0.6) is 0 Å². The Labute approximate surface area is 68.2 Å². The van der Waals surface area contributed by atoms with E-state index in [2.05, 4.69) is 20.8 Å². The van der Waals surface area contributed by atoms with Crippen LogP contribution in [-0.4, -0.2) is 5.78 Å². The van der Waals surface area contributed by atoms with Crippen molar-refractivity contribution in [1.29, 1.82) is 0 Å². The molecule has 0 bridgehead atoms. The topological polar surface area (TPSA) is 17.1 Å². The number of ketones is 1. The molecule has 2 atom stereocenters. The first-order chi connectivity index (χ1) is 4.98. The standard InChI is InChI=1S/C10H16O/c1-9(2)8(11)6-7-4-5-10(7,9)3/h7H,4-6H2,1-3H3. The summed E-state index contributed by atoms with van der Waals surface area (Å²) in [7, 11) is 0. The van der Waals surface area contributed by atoms with Crippen LogP contribution in [-0.2, 0) is 4.79 Å². The molecule has 0 heterocycles. The van der Waals surface area contributed by atoms with E-state index in [4.69, 9.17) is 0 Å². The minimum absolute atomic E-state index is 0.0318. The SMILES string of the molecule is CC1(C)C(=O)CC2CCC21C. The minimum Gasteiger partial charge on any atom is -0.299 e. The summed E-state index contributed by atoms with van der Waals surface area (Å²) in [5.74, 6) is 1.20. The Kier molecular flexibility index (Phi) is 1.13. The summed E-state index contributed by atoms with van der Waals surface area (Å²) in [6, 6.07) is 0. The molecule has 2 saturated carbocycles. The van der Waals surface area contributed by atoms with E-state index in [1.807, 2.05) is 0 Å². The molecule has 1 nitrogen and oxygen atoms in total. The predicted molar refractivity (Wildman–Crippen MR) is 44.2 cm³/mol. The van der Waals surface area contributed by atoms with Crippen molar-refractivity contribution in [2.24, 2.45) is 16.7 Å². The van der Waals surface area contributed by atoms with E-state index in [1.165, 1.54) is 12.8 Å². The molecular formula is C10H16O. The maximum atomic E-state index is 11.6. The van der Waals surface area contributed by atoms with E-state index >= 15 is 0 Å². The molecule has 2 fully saturated rings. The number of hydrogen-bond donors (Lipinski definition) is 0.